The molecule has 1 fully saturated rings. The van der Waals surface area contributed by atoms with E-state index in [1.807, 2.05) is 0 Å². The van der Waals surface area contributed by atoms with Gasteiger partial charge in [0.15, 0.2) is 11.5 Å². The molecule has 10 nitrogen and oxygen atoms in total. The number of benzene rings is 1. The van der Waals surface area contributed by atoms with Gasteiger partial charge in [-0.05, 0) is 24.3 Å². The highest BCUT2D eigenvalue weighted by Crippen LogP contribution is 2.35. The minimum absolute atomic E-state index is 0.102. The predicted molar refractivity (Wildman–Crippen MR) is 110 cm³/mol. The molecule has 1 saturated heterocycles. The van der Waals surface area contributed by atoms with E-state index in [-0.39, 0.29) is 46.1 Å². The third kappa shape index (κ3) is 4.55. The van der Waals surface area contributed by atoms with Crippen molar-refractivity contribution in [2.24, 2.45) is 0 Å². The minimum atomic E-state index is -3.60. The van der Waals surface area contributed by atoms with E-state index in [9.17, 15) is 23.3 Å². The third-order valence-corrected chi connectivity index (χ3v) is 7.71. The Morgan fingerprint density at radius 3 is 2.40 bits per heavy atom. The second kappa shape index (κ2) is 8.98. The number of amides is 1. The molecule has 1 amide bonds. The van der Waals surface area contributed by atoms with Crippen LogP contribution in [0.25, 0.3) is 0 Å². The summed E-state index contributed by atoms with van der Waals surface area (Å²) in [7, 11) is -0.865. The molecule has 0 spiro atoms. The maximum absolute atomic E-state index is 13.0. The van der Waals surface area contributed by atoms with Gasteiger partial charge in [0.05, 0.1) is 25.2 Å². The lowest BCUT2D eigenvalue weighted by Crippen LogP contribution is -2.46. The molecular weight excluding hydrogens is 434 g/mol. The zero-order valence-corrected chi connectivity index (χ0v) is 18.0. The molecule has 1 aromatic heterocycles. The van der Waals surface area contributed by atoms with Crippen LogP contribution >= 0.6 is 11.3 Å². The molecule has 0 unspecified atom stereocenters. The van der Waals surface area contributed by atoms with Crippen LogP contribution in [0.5, 0.6) is 11.5 Å². The summed E-state index contributed by atoms with van der Waals surface area (Å²) in [5.74, 6) is -0.144. The van der Waals surface area contributed by atoms with Gasteiger partial charge in [0, 0.05) is 25.2 Å². The van der Waals surface area contributed by atoms with E-state index in [0.717, 1.165) is 17.4 Å². The number of likely N-dealkylation sites (tertiary alicyclic amines) is 1. The summed E-state index contributed by atoms with van der Waals surface area (Å²) in [6.07, 6.45) is 0.800. The number of methoxy groups -OCH3 is 2. The van der Waals surface area contributed by atoms with Crippen molar-refractivity contribution in [1.82, 2.24) is 9.62 Å². The Balaban J connectivity index is 1.73. The van der Waals surface area contributed by atoms with Gasteiger partial charge >= 0.3 is 0 Å². The number of carbonyl (C=O) groups excluding carboxylic acids is 1. The van der Waals surface area contributed by atoms with Gasteiger partial charge < -0.3 is 14.4 Å². The first-order valence-electron chi connectivity index (χ1n) is 9.02. The Morgan fingerprint density at radius 1 is 1.23 bits per heavy atom. The first kappa shape index (κ1) is 22.0. The lowest BCUT2D eigenvalue weighted by Gasteiger charge is -2.32. The molecule has 0 bridgehead atoms. The summed E-state index contributed by atoms with van der Waals surface area (Å²) in [6, 6.07) is 5.33. The maximum Gasteiger partial charge on any atom is 0.286 e. The molecule has 0 radical (unpaired) electrons. The van der Waals surface area contributed by atoms with Crippen LogP contribution in [-0.4, -0.2) is 57.5 Å². The molecule has 1 N–H and O–H groups in total. The Kier molecular flexibility index (Phi) is 6.58. The number of rotatable bonds is 7. The highest BCUT2D eigenvalue weighted by molar-refractivity contribution is 7.91. The number of nitro groups is 1. The van der Waals surface area contributed by atoms with Crippen LogP contribution in [0.2, 0.25) is 0 Å². The van der Waals surface area contributed by atoms with Crippen molar-refractivity contribution >= 4 is 33.0 Å². The Labute approximate surface area is 177 Å². The summed E-state index contributed by atoms with van der Waals surface area (Å²) >= 11 is 1.13. The number of hydrogen-bond donors (Lipinski definition) is 1. The van der Waals surface area contributed by atoms with Crippen molar-refractivity contribution in [3.8, 4) is 11.5 Å². The Hall–Kier alpha value is -2.70. The standard InChI is InChI=1S/C18H21N3O7S2/c1-27-15-10-13(14(21(23)24)11-16(15)28-2)18(22)20-7-5-12(6-8-20)19-30(25,26)17-4-3-9-29-17/h3-4,9-12,19H,5-8H2,1-2H3. The first-order chi connectivity index (χ1) is 14.3. The van der Waals surface area contributed by atoms with Crippen LogP contribution in [0.1, 0.15) is 23.2 Å². The van der Waals surface area contributed by atoms with Crippen LogP contribution < -0.4 is 14.2 Å². The van der Waals surface area contributed by atoms with Crippen molar-refractivity contribution in [3.63, 3.8) is 0 Å². The van der Waals surface area contributed by atoms with Gasteiger partial charge in [0.1, 0.15) is 9.77 Å². The predicted octanol–water partition coefficient (Wildman–Crippen LogP) is 2.26. The largest absolute Gasteiger partial charge is 0.493 e. The molecule has 0 saturated carbocycles. The highest BCUT2D eigenvalue weighted by Gasteiger charge is 2.31. The second-order valence-corrected chi connectivity index (χ2v) is 9.49. The number of nitrogens with zero attached hydrogens (tertiary/aromatic N) is 2. The molecule has 0 atom stereocenters. The van der Waals surface area contributed by atoms with Crippen LogP contribution in [0.4, 0.5) is 5.69 Å². The minimum Gasteiger partial charge on any atom is -0.493 e. The molecule has 0 aliphatic carbocycles. The fourth-order valence-electron chi connectivity index (χ4n) is 3.26. The zero-order valence-electron chi connectivity index (χ0n) is 16.4. The van der Waals surface area contributed by atoms with Gasteiger partial charge in [-0.15, -0.1) is 11.3 Å². The lowest BCUT2D eigenvalue weighted by molar-refractivity contribution is -0.385. The van der Waals surface area contributed by atoms with Crippen molar-refractivity contribution in [2.75, 3.05) is 27.3 Å². The van der Waals surface area contributed by atoms with Crippen molar-refractivity contribution in [1.29, 1.82) is 0 Å². The number of thiophene rings is 1. The normalized spacial score (nSPS) is 15.1. The van der Waals surface area contributed by atoms with Gasteiger partial charge in [-0.3, -0.25) is 14.9 Å². The van der Waals surface area contributed by atoms with E-state index < -0.39 is 20.9 Å². The molecule has 12 heteroatoms. The lowest BCUT2D eigenvalue weighted by atomic mass is 10.0. The first-order valence-corrected chi connectivity index (χ1v) is 11.4. The number of carbonyl (C=O) groups is 1. The van der Waals surface area contributed by atoms with Crippen LogP contribution in [0, 0.1) is 10.1 Å². The zero-order chi connectivity index (χ0) is 21.9. The number of sulfonamides is 1. The van der Waals surface area contributed by atoms with E-state index in [1.165, 1.54) is 31.3 Å². The van der Waals surface area contributed by atoms with E-state index in [4.69, 9.17) is 9.47 Å². The third-order valence-electron chi connectivity index (χ3n) is 4.79. The molecule has 3 rings (SSSR count). The van der Waals surface area contributed by atoms with Crippen LogP contribution in [0.3, 0.4) is 0 Å². The molecule has 1 aliphatic rings. The van der Waals surface area contributed by atoms with Gasteiger partial charge in [-0.2, -0.15) is 0 Å². The van der Waals surface area contributed by atoms with E-state index in [0.29, 0.717) is 12.8 Å². The fraction of sp³-hybridized carbons (Fsp3) is 0.389. The summed E-state index contributed by atoms with van der Waals surface area (Å²) in [5.41, 5.74) is -0.478. The van der Waals surface area contributed by atoms with Crippen LogP contribution in [0.15, 0.2) is 33.9 Å². The van der Waals surface area contributed by atoms with Crippen molar-refractivity contribution < 1.29 is 27.6 Å². The SMILES string of the molecule is COc1cc(C(=O)N2CCC(NS(=O)(=O)c3cccs3)CC2)c([N+](=O)[O-])cc1OC. The van der Waals surface area contributed by atoms with E-state index in [1.54, 1.807) is 11.4 Å². The second-order valence-electron chi connectivity index (χ2n) is 6.60. The number of nitro benzene ring substituents is 1. The number of ether oxygens (including phenoxy) is 2. The average Bonchev–Trinajstić information content (AvgIpc) is 3.28. The number of nitrogens with one attached hydrogen (secondary N) is 1. The fourth-order valence-corrected chi connectivity index (χ4v) is 5.57. The summed E-state index contributed by atoms with van der Waals surface area (Å²) < 4.78 is 37.9. The summed E-state index contributed by atoms with van der Waals surface area (Å²) in [5, 5.41) is 13.1. The molecule has 2 aromatic rings. The molecule has 2 heterocycles. The van der Waals surface area contributed by atoms with E-state index in [2.05, 4.69) is 4.72 Å². The molecule has 30 heavy (non-hydrogen) atoms. The highest BCUT2D eigenvalue weighted by atomic mass is 32.2. The molecular formula is C18H21N3O7S2. The van der Waals surface area contributed by atoms with Crippen LogP contribution in [-0.2, 0) is 10.0 Å². The average molecular weight is 456 g/mol. The molecule has 162 valence electrons. The van der Waals surface area contributed by atoms with E-state index >= 15 is 0 Å². The maximum atomic E-state index is 13.0. The van der Waals surface area contributed by atoms with Gasteiger partial charge in [-0.1, -0.05) is 6.07 Å². The monoisotopic (exact) mass is 455 g/mol. The summed E-state index contributed by atoms with van der Waals surface area (Å²) in [6.45, 7) is 0.532. The Bertz CT molecular complexity index is 1030. The topological polar surface area (TPSA) is 128 Å². The van der Waals surface area contributed by atoms with Gasteiger partial charge in [0.2, 0.25) is 10.0 Å². The smallest absolute Gasteiger partial charge is 0.286 e. The number of hydrogen-bond acceptors (Lipinski definition) is 8. The van der Waals surface area contributed by atoms with Crippen molar-refractivity contribution in [3.05, 3.63) is 45.3 Å². The molecule has 1 aromatic carbocycles. The number of piperidine rings is 1. The van der Waals surface area contributed by atoms with Crippen molar-refractivity contribution in [2.45, 2.75) is 23.1 Å². The van der Waals surface area contributed by atoms with Gasteiger partial charge in [-0.25, -0.2) is 13.1 Å². The Morgan fingerprint density at radius 2 is 1.87 bits per heavy atom. The quantitative estimate of drug-likeness (QED) is 0.501. The van der Waals surface area contributed by atoms with Gasteiger partial charge in [0.25, 0.3) is 11.6 Å². The molecule has 1 aliphatic heterocycles. The summed E-state index contributed by atoms with van der Waals surface area (Å²) in [4.78, 5) is 25.3.